The molecule has 0 fully saturated rings. The minimum Gasteiger partial charge on any atom is -0.478 e. The molecule has 2 rings (SSSR count). The van der Waals surface area contributed by atoms with Crippen molar-refractivity contribution in [2.75, 3.05) is 0 Å². The normalized spacial score (nSPS) is 11.6. The van der Waals surface area contributed by atoms with Gasteiger partial charge in [0.1, 0.15) is 0 Å². The summed E-state index contributed by atoms with van der Waals surface area (Å²) in [7, 11) is -1.99. The number of hydrogen-bond donors (Lipinski definition) is 1. The minimum atomic E-state index is -3.66. The van der Waals surface area contributed by atoms with E-state index in [0.717, 1.165) is 6.07 Å². The zero-order valence-corrected chi connectivity index (χ0v) is 13.8. The van der Waals surface area contributed by atoms with Crippen molar-refractivity contribution in [1.82, 2.24) is 9.78 Å². The number of rotatable bonds is 4. The first kappa shape index (κ1) is 15.7. The van der Waals surface area contributed by atoms with Gasteiger partial charge in [-0.3, -0.25) is 4.68 Å². The number of hydrogen-bond acceptors (Lipinski definition) is 4. The molecule has 0 spiro atoms. The van der Waals surface area contributed by atoms with Crippen LogP contribution in [-0.4, -0.2) is 29.3 Å². The summed E-state index contributed by atoms with van der Waals surface area (Å²) in [6.45, 7) is 1.77. The maximum absolute atomic E-state index is 12.4. The van der Waals surface area contributed by atoms with Crippen LogP contribution in [0.25, 0.3) is 0 Å². The number of benzene rings is 1. The summed E-state index contributed by atoms with van der Waals surface area (Å²) in [4.78, 5) is 10.9. The second kappa shape index (κ2) is 5.61. The van der Waals surface area contributed by atoms with Gasteiger partial charge in [0, 0.05) is 7.05 Å². The molecule has 1 heterocycles. The maximum atomic E-state index is 12.4. The standard InChI is InChI=1S/C13H13BrN2O4S/c1-8-12(14)11(16(2)15-8)7-21(19,20)10-5-3-4-9(6-10)13(17)18/h3-6H,7H2,1-2H3,(H,17,18). The van der Waals surface area contributed by atoms with Crippen molar-refractivity contribution in [3.63, 3.8) is 0 Å². The number of sulfone groups is 1. The third-order valence-electron chi connectivity index (χ3n) is 3.03. The lowest BCUT2D eigenvalue weighted by atomic mass is 10.2. The molecular formula is C13H13BrN2O4S. The van der Waals surface area contributed by atoms with E-state index in [9.17, 15) is 13.2 Å². The molecule has 0 saturated heterocycles. The molecule has 112 valence electrons. The quantitative estimate of drug-likeness (QED) is 0.887. The molecule has 6 nitrogen and oxygen atoms in total. The van der Waals surface area contributed by atoms with Gasteiger partial charge in [-0.15, -0.1) is 0 Å². The summed E-state index contributed by atoms with van der Waals surface area (Å²) in [5, 5.41) is 13.1. The molecule has 0 bridgehead atoms. The Kier molecular flexibility index (Phi) is 4.20. The van der Waals surface area contributed by atoms with Crippen LogP contribution in [0.2, 0.25) is 0 Å². The van der Waals surface area contributed by atoms with E-state index in [1.165, 1.54) is 22.9 Å². The van der Waals surface area contributed by atoms with Crippen molar-refractivity contribution < 1.29 is 18.3 Å². The fourth-order valence-corrected chi connectivity index (χ4v) is 4.03. The molecule has 0 saturated carbocycles. The zero-order chi connectivity index (χ0) is 15.8. The van der Waals surface area contributed by atoms with Gasteiger partial charge in [-0.1, -0.05) is 6.07 Å². The van der Waals surface area contributed by atoms with Crippen molar-refractivity contribution in [2.24, 2.45) is 7.05 Å². The average Bonchev–Trinajstić information content (AvgIpc) is 2.65. The molecule has 2 aromatic rings. The highest BCUT2D eigenvalue weighted by Crippen LogP contribution is 2.25. The number of aromatic nitrogens is 2. The van der Waals surface area contributed by atoms with Crippen molar-refractivity contribution in [2.45, 2.75) is 17.6 Å². The fraction of sp³-hybridized carbons (Fsp3) is 0.231. The molecule has 0 atom stereocenters. The van der Waals surface area contributed by atoms with E-state index in [2.05, 4.69) is 21.0 Å². The summed E-state index contributed by atoms with van der Waals surface area (Å²) < 4.78 is 27.0. The van der Waals surface area contributed by atoms with Gasteiger partial charge in [0.05, 0.1) is 32.1 Å². The predicted octanol–water partition coefficient (Wildman–Crippen LogP) is 2.16. The van der Waals surface area contributed by atoms with E-state index in [1.807, 2.05) is 0 Å². The van der Waals surface area contributed by atoms with E-state index in [-0.39, 0.29) is 16.2 Å². The molecule has 1 aromatic heterocycles. The highest BCUT2D eigenvalue weighted by Gasteiger charge is 2.22. The molecule has 0 unspecified atom stereocenters. The second-order valence-electron chi connectivity index (χ2n) is 4.56. The number of carboxylic acid groups (broad SMARTS) is 1. The highest BCUT2D eigenvalue weighted by molar-refractivity contribution is 9.10. The molecule has 0 amide bonds. The Morgan fingerprint density at radius 2 is 2.10 bits per heavy atom. The lowest BCUT2D eigenvalue weighted by Gasteiger charge is -2.06. The van der Waals surface area contributed by atoms with Crippen LogP contribution < -0.4 is 0 Å². The Morgan fingerprint density at radius 3 is 2.62 bits per heavy atom. The lowest BCUT2D eigenvalue weighted by molar-refractivity contribution is 0.0696. The smallest absolute Gasteiger partial charge is 0.335 e. The fourth-order valence-electron chi connectivity index (χ4n) is 1.92. The Labute approximate surface area is 130 Å². The maximum Gasteiger partial charge on any atom is 0.335 e. The summed E-state index contributed by atoms with van der Waals surface area (Å²) in [6.07, 6.45) is 0. The summed E-state index contributed by atoms with van der Waals surface area (Å²) >= 11 is 3.32. The van der Waals surface area contributed by atoms with Gasteiger partial charge < -0.3 is 5.11 Å². The van der Waals surface area contributed by atoms with Crippen LogP contribution in [0.5, 0.6) is 0 Å². The Balaban J connectivity index is 2.43. The third kappa shape index (κ3) is 3.16. The molecule has 1 N–H and O–H groups in total. The largest absolute Gasteiger partial charge is 0.478 e. The van der Waals surface area contributed by atoms with E-state index in [4.69, 9.17) is 5.11 Å². The van der Waals surface area contributed by atoms with Crippen LogP contribution in [-0.2, 0) is 22.6 Å². The Bertz CT molecular complexity index is 812. The molecule has 1 aromatic carbocycles. The Hall–Kier alpha value is -1.67. The van der Waals surface area contributed by atoms with Gasteiger partial charge in [0.15, 0.2) is 9.84 Å². The summed E-state index contributed by atoms with van der Waals surface area (Å²) in [5.41, 5.74) is 1.16. The number of aryl methyl sites for hydroxylation is 2. The van der Waals surface area contributed by atoms with Gasteiger partial charge in [0.2, 0.25) is 0 Å². The first-order chi connectivity index (χ1) is 9.72. The van der Waals surface area contributed by atoms with E-state index >= 15 is 0 Å². The van der Waals surface area contributed by atoms with Crippen molar-refractivity contribution in [3.05, 3.63) is 45.7 Å². The van der Waals surface area contributed by atoms with Crippen LogP contribution in [0.4, 0.5) is 0 Å². The summed E-state index contributed by atoms with van der Waals surface area (Å²) in [6, 6.07) is 5.32. The van der Waals surface area contributed by atoms with Crippen LogP contribution >= 0.6 is 15.9 Å². The van der Waals surface area contributed by atoms with E-state index in [1.54, 1.807) is 14.0 Å². The highest BCUT2D eigenvalue weighted by atomic mass is 79.9. The van der Waals surface area contributed by atoms with Crippen molar-refractivity contribution in [3.8, 4) is 0 Å². The first-order valence-electron chi connectivity index (χ1n) is 5.96. The molecule has 8 heteroatoms. The molecular weight excluding hydrogens is 360 g/mol. The lowest BCUT2D eigenvalue weighted by Crippen LogP contribution is -2.10. The summed E-state index contributed by atoms with van der Waals surface area (Å²) in [5.74, 6) is -1.42. The van der Waals surface area contributed by atoms with Gasteiger partial charge in [0.25, 0.3) is 0 Å². The third-order valence-corrected chi connectivity index (χ3v) is 5.69. The molecule has 0 aliphatic carbocycles. The molecule has 0 radical (unpaired) electrons. The van der Waals surface area contributed by atoms with Gasteiger partial charge in [-0.2, -0.15) is 5.10 Å². The average molecular weight is 373 g/mol. The monoisotopic (exact) mass is 372 g/mol. The minimum absolute atomic E-state index is 0.0202. The number of nitrogens with zero attached hydrogens (tertiary/aromatic N) is 2. The number of carbonyl (C=O) groups is 1. The van der Waals surface area contributed by atoms with Gasteiger partial charge in [-0.05, 0) is 41.1 Å². The Morgan fingerprint density at radius 1 is 1.43 bits per heavy atom. The van der Waals surface area contributed by atoms with Gasteiger partial charge in [-0.25, -0.2) is 13.2 Å². The van der Waals surface area contributed by atoms with E-state index < -0.39 is 15.8 Å². The second-order valence-corrected chi connectivity index (χ2v) is 7.34. The zero-order valence-electron chi connectivity index (χ0n) is 11.4. The predicted molar refractivity (Wildman–Crippen MR) is 79.9 cm³/mol. The van der Waals surface area contributed by atoms with Crippen LogP contribution in [0.1, 0.15) is 21.7 Å². The number of halogens is 1. The first-order valence-corrected chi connectivity index (χ1v) is 8.41. The molecule has 21 heavy (non-hydrogen) atoms. The van der Waals surface area contributed by atoms with Crippen LogP contribution in [0.15, 0.2) is 33.6 Å². The van der Waals surface area contributed by atoms with Crippen LogP contribution in [0, 0.1) is 6.92 Å². The van der Waals surface area contributed by atoms with Crippen LogP contribution in [0.3, 0.4) is 0 Å². The number of carboxylic acids is 1. The molecule has 0 aliphatic rings. The topological polar surface area (TPSA) is 89.3 Å². The number of aromatic carboxylic acids is 1. The molecule has 0 aliphatic heterocycles. The van der Waals surface area contributed by atoms with Crippen molar-refractivity contribution >= 4 is 31.7 Å². The van der Waals surface area contributed by atoms with E-state index in [0.29, 0.717) is 15.9 Å². The SMILES string of the molecule is Cc1nn(C)c(CS(=O)(=O)c2cccc(C(=O)O)c2)c1Br. The van der Waals surface area contributed by atoms with Crippen molar-refractivity contribution in [1.29, 1.82) is 0 Å². The van der Waals surface area contributed by atoms with Gasteiger partial charge >= 0.3 is 5.97 Å².